The van der Waals surface area contributed by atoms with Gasteiger partial charge in [0.15, 0.2) is 0 Å². The highest BCUT2D eigenvalue weighted by molar-refractivity contribution is 6.31. The number of hydrazine groups is 1. The quantitative estimate of drug-likeness (QED) is 0.629. The van der Waals surface area contributed by atoms with Crippen LogP contribution >= 0.6 is 11.6 Å². The molecule has 0 aromatic heterocycles. The Bertz CT molecular complexity index is 591. The summed E-state index contributed by atoms with van der Waals surface area (Å²) in [6, 6.07) is 14.8. The monoisotopic (exact) mass is 302 g/mol. The van der Waals surface area contributed by atoms with E-state index in [1.165, 1.54) is 11.1 Å². The second kappa shape index (κ2) is 7.08. The molecular formula is C18H23ClN2. The Kier molecular flexibility index (Phi) is 5.40. The lowest BCUT2D eigenvalue weighted by Gasteiger charge is -2.18. The Morgan fingerprint density at radius 2 is 1.76 bits per heavy atom. The van der Waals surface area contributed by atoms with Crippen LogP contribution in [-0.2, 0) is 6.42 Å². The fraction of sp³-hybridized carbons (Fsp3) is 0.333. The molecule has 0 heterocycles. The fourth-order valence-electron chi connectivity index (χ4n) is 2.45. The second-order valence-electron chi connectivity index (χ2n) is 5.84. The predicted octanol–water partition coefficient (Wildman–Crippen LogP) is 4.52. The number of nitrogens with one attached hydrogen (secondary N) is 1. The number of hydrogen-bond acceptors (Lipinski definition) is 2. The highest BCUT2D eigenvalue weighted by Gasteiger charge is 2.14. The molecule has 0 saturated carbocycles. The van der Waals surface area contributed by atoms with Gasteiger partial charge in [-0.25, -0.2) is 0 Å². The van der Waals surface area contributed by atoms with Crippen LogP contribution in [0.15, 0.2) is 42.5 Å². The molecule has 3 N–H and O–H groups in total. The van der Waals surface area contributed by atoms with Crippen LogP contribution in [-0.4, -0.2) is 0 Å². The summed E-state index contributed by atoms with van der Waals surface area (Å²) < 4.78 is 0. The van der Waals surface area contributed by atoms with Crippen molar-refractivity contribution in [2.45, 2.75) is 39.2 Å². The smallest absolute Gasteiger partial charge is 0.0515 e. The van der Waals surface area contributed by atoms with Gasteiger partial charge in [-0.3, -0.25) is 11.3 Å². The standard InChI is InChI=1S/C18H23ClN2/c1-12(2)15-7-5-14(6-8-15)11-18(21-20)16-9-4-13(3)10-17(16)19/h4-10,12,18,21H,11,20H2,1-3H3. The first-order chi connectivity index (χ1) is 10.0. The molecule has 2 aromatic carbocycles. The maximum Gasteiger partial charge on any atom is 0.0515 e. The van der Waals surface area contributed by atoms with Crippen molar-refractivity contribution in [1.82, 2.24) is 5.43 Å². The third kappa shape index (κ3) is 4.07. The van der Waals surface area contributed by atoms with Crippen LogP contribution in [0.3, 0.4) is 0 Å². The van der Waals surface area contributed by atoms with Gasteiger partial charge in [-0.15, -0.1) is 0 Å². The average Bonchev–Trinajstić information content (AvgIpc) is 2.46. The Labute approximate surface area is 132 Å². The maximum atomic E-state index is 6.34. The SMILES string of the molecule is Cc1ccc(C(Cc2ccc(C(C)C)cc2)NN)c(Cl)c1. The van der Waals surface area contributed by atoms with Gasteiger partial charge in [-0.1, -0.05) is 61.8 Å². The van der Waals surface area contributed by atoms with E-state index >= 15 is 0 Å². The van der Waals surface area contributed by atoms with Gasteiger partial charge in [0, 0.05) is 5.02 Å². The van der Waals surface area contributed by atoms with Crippen molar-refractivity contribution < 1.29 is 0 Å². The molecule has 0 bridgehead atoms. The van der Waals surface area contributed by atoms with Crippen LogP contribution in [0, 0.1) is 6.92 Å². The van der Waals surface area contributed by atoms with Gasteiger partial charge in [0.25, 0.3) is 0 Å². The van der Waals surface area contributed by atoms with Gasteiger partial charge < -0.3 is 0 Å². The van der Waals surface area contributed by atoms with Crippen LogP contribution in [0.4, 0.5) is 0 Å². The highest BCUT2D eigenvalue weighted by Crippen LogP contribution is 2.27. The first kappa shape index (κ1) is 16.0. The summed E-state index contributed by atoms with van der Waals surface area (Å²) >= 11 is 6.34. The number of rotatable bonds is 5. The topological polar surface area (TPSA) is 38.0 Å². The minimum atomic E-state index is 0.0167. The van der Waals surface area contributed by atoms with Crippen molar-refractivity contribution in [2.75, 3.05) is 0 Å². The summed E-state index contributed by atoms with van der Waals surface area (Å²) in [7, 11) is 0. The minimum absolute atomic E-state index is 0.0167. The molecule has 2 nitrogen and oxygen atoms in total. The third-order valence-electron chi connectivity index (χ3n) is 3.82. The molecule has 2 aromatic rings. The fourth-order valence-corrected chi connectivity index (χ4v) is 2.81. The molecule has 112 valence electrons. The Morgan fingerprint density at radius 3 is 2.29 bits per heavy atom. The summed E-state index contributed by atoms with van der Waals surface area (Å²) in [5.74, 6) is 6.28. The molecule has 0 aliphatic heterocycles. The van der Waals surface area contributed by atoms with E-state index < -0.39 is 0 Å². The highest BCUT2D eigenvalue weighted by atomic mass is 35.5. The van der Waals surface area contributed by atoms with Crippen LogP contribution in [0.2, 0.25) is 5.02 Å². The summed E-state index contributed by atoms with van der Waals surface area (Å²) in [5.41, 5.74) is 7.67. The third-order valence-corrected chi connectivity index (χ3v) is 4.15. The molecule has 2 rings (SSSR count). The van der Waals surface area contributed by atoms with Crippen molar-refractivity contribution in [3.8, 4) is 0 Å². The van der Waals surface area contributed by atoms with Gasteiger partial charge in [0.1, 0.15) is 0 Å². The largest absolute Gasteiger partial charge is 0.271 e. The predicted molar refractivity (Wildman–Crippen MR) is 90.5 cm³/mol. The summed E-state index contributed by atoms with van der Waals surface area (Å²) in [4.78, 5) is 0. The summed E-state index contributed by atoms with van der Waals surface area (Å²) in [6.45, 7) is 6.43. The Morgan fingerprint density at radius 1 is 1.10 bits per heavy atom. The average molecular weight is 303 g/mol. The van der Waals surface area contributed by atoms with Crippen LogP contribution in [0.1, 0.15) is 48.1 Å². The first-order valence-corrected chi connectivity index (χ1v) is 7.70. The lowest BCUT2D eigenvalue weighted by Crippen LogP contribution is -2.29. The van der Waals surface area contributed by atoms with E-state index in [1.54, 1.807) is 0 Å². The number of aryl methyl sites for hydroxylation is 1. The van der Waals surface area contributed by atoms with E-state index in [0.717, 1.165) is 22.6 Å². The van der Waals surface area contributed by atoms with Gasteiger partial charge >= 0.3 is 0 Å². The first-order valence-electron chi connectivity index (χ1n) is 7.32. The molecule has 0 amide bonds. The molecule has 1 atom stereocenters. The zero-order valence-electron chi connectivity index (χ0n) is 12.9. The normalized spacial score (nSPS) is 12.7. The molecule has 0 aliphatic rings. The van der Waals surface area contributed by atoms with Crippen LogP contribution < -0.4 is 11.3 Å². The molecule has 0 radical (unpaired) electrons. The van der Waals surface area contributed by atoms with Crippen molar-refractivity contribution in [3.05, 3.63) is 69.7 Å². The summed E-state index contributed by atoms with van der Waals surface area (Å²) in [5, 5.41) is 0.761. The van der Waals surface area contributed by atoms with Gasteiger partial charge in [0.05, 0.1) is 6.04 Å². The molecule has 21 heavy (non-hydrogen) atoms. The zero-order valence-corrected chi connectivity index (χ0v) is 13.6. The van der Waals surface area contributed by atoms with E-state index in [-0.39, 0.29) is 6.04 Å². The lowest BCUT2D eigenvalue weighted by molar-refractivity contribution is 0.552. The van der Waals surface area contributed by atoms with Gasteiger partial charge in [-0.05, 0) is 47.6 Å². The molecule has 0 spiro atoms. The number of benzene rings is 2. The van der Waals surface area contributed by atoms with Gasteiger partial charge in [-0.2, -0.15) is 0 Å². The number of nitrogens with two attached hydrogens (primary N) is 1. The Balaban J connectivity index is 2.18. The minimum Gasteiger partial charge on any atom is -0.271 e. The molecule has 0 fully saturated rings. The van der Waals surface area contributed by atoms with Crippen molar-refractivity contribution in [3.63, 3.8) is 0 Å². The number of halogens is 1. The maximum absolute atomic E-state index is 6.34. The van der Waals surface area contributed by atoms with E-state index in [0.29, 0.717) is 5.92 Å². The molecule has 0 saturated heterocycles. The van der Waals surface area contributed by atoms with Crippen molar-refractivity contribution in [1.29, 1.82) is 0 Å². The van der Waals surface area contributed by atoms with E-state index in [4.69, 9.17) is 17.4 Å². The van der Waals surface area contributed by atoms with E-state index in [2.05, 4.69) is 49.6 Å². The van der Waals surface area contributed by atoms with E-state index in [9.17, 15) is 0 Å². The zero-order chi connectivity index (χ0) is 15.4. The molecule has 1 unspecified atom stereocenters. The van der Waals surface area contributed by atoms with Crippen LogP contribution in [0.5, 0.6) is 0 Å². The molecule has 0 aliphatic carbocycles. The van der Waals surface area contributed by atoms with Gasteiger partial charge in [0.2, 0.25) is 0 Å². The molecular weight excluding hydrogens is 280 g/mol. The Hall–Kier alpha value is -1.35. The number of hydrogen-bond donors (Lipinski definition) is 2. The van der Waals surface area contributed by atoms with E-state index in [1.807, 2.05) is 19.1 Å². The second-order valence-corrected chi connectivity index (χ2v) is 6.25. The van der Waals surface area contributed by atoms with Crippen molar-refractivity contribution >= 4 is 11.6 Å². The summed E-state index contributed by atoms with van der Waals surface area (Å²) in [6.07, 6.45) is 0.817. The van der Waals surface area contributed by atoms with Crippen LogP contribution in [0.25, 0.3) is 0 Å². The lowest BCUT2D eigenvalue weighted by atomic mass is 9.96. The van der Waals surface area contributed by atoms with Crippen molar-refractivity contribution in [2.24, 2.45) is 5.84 Å². The molecule has 3 heteroatoms.